The Bertz CT molecular complexity index is 1030. The average molecular weight is 393 g/mol. The summed E-state index contributed by atoms with van der Waals surface area (Å²) >= 11 is 0. The molecule has 0 saturated heterocycles. The van der Waals surface area contributed by atoms with Crippen LogP contribution in [-0.4, -0.2) is 34.9 Å². The van der Waals surface area contributed by atoms with Crippen LogP contribution in [0, 0.1) is 27.7 Å². The van der Waals surface area contributed by atoms with Crippen LogP contribution in [0.3, 0.4) is 0 Å². The zero-order valence-electron chi connectivity index (χ0n) is 17.6. The number of hydrogen-bond acceptors (Lipinski definition) is 3. The molecule has 1 aromatic carbocycles. The van der Waals surface area contributed by atoms with E-state index in [0.29, 0.717) is 12.1 Å². The number of anilines is 1. The average Bonchev–Trinajstić information content (AvgIpc) is 3.28. The lowest BCUT2D eigenvalue weighted by Crippen LogP contribution is -2.35. The highest BCUT2D eigenvalue weighted by atomic mass is 16.3. The highest BCUT2D eigenvalue weighted by Crippen LogP contribution is 2.20. The number of amides is 2. The van der Waals surface area contributed by atoms with E-state index in [9.17, 15) is 9.59 Å². The number of hydrogen-bond donors (Lipinski definition) is 1. The first kappa shape index (κ1) is 20.5. The lowest BCUT2D eigenvalue weighted by Gasteiger charge is -2.18. The molecule has 29 heavy (non-hydrogen) atoms. The third-order valence-corrected chi connectivity index (χ3v) is 5.30. The topological polar surface area (TPSA) is 67.5 Å². The zero-order valence-corrected chi connectivity index (χ0v) is 17.6. The Morgan fingerprint density at radius 1 is 1.10 bits per heavy atom. The molecule has 0 radical (unpaired) electrons. The standard InChI is InChI=1S/C23H27N3O3/c1-15-8-6-10-21(17(15)3)24-22(27)14-25(5)23(28)20-12-16(2)26(18(20)4)13-19-9-7-11-29-19/h6-12H,13-14H2,1-5H3,(H,24,27). The molecule has 6 heteroatoms. The van der Waals surface area contributed by atoms with Crippen molar-refractivity contribution in [1.29, 1.82) is 0 Å². The van der Waals surface area contributed by atoms with E-state index < -0.39 is 0 Å². The quantitative estimate of drug-likeness (QED) is 0.686. The van der Waals surface area contributed by atoms with Crippen molar-refractivity contribution in [3.8, 4) is 0 Å². The maximum Gasteiger partial charge on any atom is 0.255 e. The molecule has 152 valence electrons. The van der Waals surface area contributed by atoms with E-state index in [1.807, 2.05) is 68.7 Å². The second-order valence-corrected chi connectivity index (χ2v) is 7.41. The molecule has 0 fully saturated rings. The summed E-state index contributed by atoms with van der Waals surface area (Å²) in [6.07, 6.45) is 1.64. The highest BCUT2D eigenvalue weighted by molar-refractivity contribution is 6.00. The molecule has 0 atom stereocenters. The van der Waals surface area contributed by atoms with Crippen molar-refractivity contribution >= 4 is 17.5 Å². The molecule has 1 N–H and O–H groups in total. The number of aromatic nitrogens is 1. The number of furan rings is 1. The lowest BCUT2D eigenvalue weighted by atomic mass is 10.1. The first-order valence-corrected chi connectivity index (χ1v) is 9.58. The van der Waals surface area contributed by atoms with Crippen molar-refractivity contribution in [2.75, 3.05) is 18.9 Å². The summed E-state index contributed by atoms with van der Waals surface area (Å²) in [6, 6.07) is 11.4. The van der Waals surface area contributed by atoms with Gasteiger partial charge in [-0.15, -0.1) is 0 Å². The first-order valence-electron chi connectivity index (χ1n) is 9.58. The summed E-state index contributed by atoms with van der Waals surface area (Å²) in [7, 11) is 1.64. The van der Waals surface area contributed by atoms with Crippen LogP contribution in [0.4, 0.5) is 5.69 Å². The molecule has 3 rings (SSSR count). The molecule has 2 amide bonds. The first-order chi connectivity index (χ1) is 13.8. The van der Waals surface area contributed by atoms with E-state index >= 15 is 0 Å². The molecule has 0 aliphatic rings. The number of aryl methyl sites for hydroxylation is 2. The summed E-state index contributed by atoms with van der Waals surface area (Å²) in [4.78, 5) is 26.9. The number of carbonyl (C=O) groups is 2. The van der Waals surface area contributed by atoms with E-state index in [1.54, 1.807) is 13.3 Å². The molecule has 3 aromatic rings. The summed E-state index contributed by atoms with van der Waals surface area (Å²) in [5.41, 5.74) is 5.32. The van der Waals surface area contributed by atoms with Crippen molar-refractivity contribution in [2.45, 2.75) is 34.2 Å². The number of nitrogens with one attached hydrogen (secondary N) is 1. The fourth-order valence-corrected chi connectivity index (χ4v) is 3.39. The van der Waals surface area contributed by atoms with Crippen LogP contribution in [-0.2, 0) is 11.3 Å². The van der Waals surface area contributed by atoms with Crippen LogP contribution < -0.4 is 5.32 Å². The van der Waals surface area contributed by atoms with Crippen LogP contribution in [0.1, 0.15) is 38.6 Å². The number of carbonyl (C=O) groups excluding carboxylic acids is 2. The third kappa shape index (κ3) is 4.42. The van der Waals surface area contributed by atoms with Gasteiger partial charge in [-0.1, -0.05) is 12.1 Å². The van der Waals surface area contributed by atoms with Gasteiger partial charge in [-0.25, -0.2) is 0 Å². The Morgan fingerprint density at radius 2 is 1.86 bits per heavy atom. The van der Waals surface area contributed by atoms with Crippen LogP contribution in [0.15, 0.2) is 47.1 Å². The van der Waals surface area contributed by atoms with Gasteiger partial charge in [0.15, 0.2) is 0 Å². The molecule has 0 bridgehead atoms. The van der Waals surface area contributed by atoms with Gasteiger partial charge in [0.25, 0.3) is 5.91 Å². The van der Waals surface area contributed by atoms with E-state index in [2.05, 4.69) is 5.32 Å². The summed E-state index contributed by atoms with van der Waals surface area (Å²) in [5.74, 6) is 0.422. The van der Waals surface area contributed by atoms with Crippen molar-refractivity contribution in [1.82, 2.24) is 9.47 Å². The number of benzene rings is 1. The number of likely N-dealkylation sites (N-methyl/N-ethyl adjacent to an activating group) is 1. The Balaban J connectivity index is 1.70. The molecular formula is C23H27N3O3. The Hall–Kier alpha value is -3.28. The Morgan fingerprint density at radius 3 is 2.55 bits per heavy atom. The van der Waals surface area contributed by atoms with Gasteiger partial charge in [0.05, 0.1) is 24.9 Å². The van der Waals surface area contributed by atoms with Crippen LogP contribution in [0.2, 0.25) is 0 Å². The minimum Gasteiger partial charge on any atom is -0.467 e. The summed E-state index contributed by atoms with van der Waals surface area (Å²) in [6.45, 7) is 8.38. The summed E-state index contributed by atoms with van der Waals surface area (Å²) < 4.78 is 7.46. The van der Waals surface area contributed by atoms with Gasteiger partial charge in [0, 0.05) is 24.1 Å². The minimum atomic E-state index is -0.223. The van der Waals surface area contributed by atoms with E-state index in [4.69, 9.17) is 4.42 Å². The minimum absolute atomic E-state index is 0.0198. The molecule has 0 unspecified atom stereocenters. The van der Waals surface area contributed by atoms with Gasteiger partial charge in [-0.3, -0.25) is 9.59 Å². The lowest BCUT2D eigenvalue weighted by molar-refractivity contribution is -0.116. The second kappa shape index (κ2) is 8.39. The van der Waals surface area contributed by atoms with Crippen LogP contribution in [0.25, 0.3) is 0 Å². The molecule has 0 spiro atoms. The van der Waals surface area contributed by atoms with Gasteiger partial charge in [0.2, 0.25) is 5.91 Å². The highest BCUT2D eigenvalue weighted by Gasteiger charge is 2.21. The van der Waals surface area contributed by atoms with E-state index in [1.165, 1.54) is 4.90 Å². The molecule has 0 saturated carbocycles. The van der Waals surface area contributed by atoms with Gasteiger partial charge in [0.1, 0.15) is 5.76 Å². The molecule has 2 heterocycles. The third-order valence-electron chi connectivity index (χ3n) is 5.30. The maximum absolute atomic E-state index is 13.0. The molecule has 6 nitrogen and oxygen atoms in total. The van der Waals surface area contributed by atoms with Crippen molar-refractivity contribution < 1.29 is 14.0 Å². The van der Waals surface area contributed by atoms with Crippen molar-refractivity contribution in [2.24, 2.45) is 0 Å². The number of nitrogens with zero attached hydrogens (tertiary/aromatic N) is 2. The van der Waals surface area contributed by atoms with Gasteiger partial charge in [-0.05, 0) is 63.1 Å². The Labute approximate surface area is 171 Å². The fourth-order valence-electron chi connectivity index (χ4n) is 3.39. The molecule has 2 aromatic heterocycles. The smallest absolute Gasteiger partial charge is 0.255 e. The maximum atomic E-state index is 13.0. The number of rotatable bonds is 6. The molecular weight excluding hydrogens is 366 g/mol. The predicted octanol–water partition coefficient (Wildman–Crippen LogP) is 4.07. The van der Waals surface area contributed by atoms with Gasteiger partial charge in [-0.2, -0.15) is 0 Å². The largest absolute Gasteiger partial charge is 0.467 e. The van der Waals surface area contributed by atoms with E-state index in [0.717, 1.165) is 34.0 Å². The van der Waals surface area contributed by atoms with Crippen LogP contribution >= 0.6 is 0 Å². The fraction of sp³-hybridized carbons (Fsp3) is 0.304. The van der Waals surface area contributed by atoms with Gasteiger partial charge >= 0.3 is 0 Å². The molecule has 0 aliphatic heterocycles. The van der Waals surface area contributed by atoms with Crippen LogP contribution in [0.5, 0.6) is 0 Å². The second-order valence-electron chi connectivity index (χ2n) is 7.41. The normalized spacial score (nSPS) is 10.8. The SMILES string of the molecule is Cc1cccc(NC(=O)CN(C)C(=O)c2cc(C)n(Cc3ccco3)c2C)c1C. The van der Waals surface area contributed by atoms with Crippen molar-refractivity contribution in [3.63, 3.8) is 0 Å². The van der Waals surface area contributed by atoms with Gasteiger partial charge < -0.3 is 19.2 Å². The van der Waals surface area contributed by atoms with Crippen molar-refractivity contribution in [3.05, 3.63) is 76.5 Å². The monoisotopic (exact) mass is 393 g/mol. The Kier molecular flexibility index (Phi) is 5.92. The summed E-state index contributed by atoms with van der Waals surface area (Å²) in [5, 5.41) is 2.90. The predicted molar refractivity (Wildman–Crippen MR) is 113 cm³/mol. The zero-order chi connectivity index (χ0) is 21.1. The van der Waals surface area contributed by atoms with E-state index in [-0.39, 0.29) is 18.4 Å². The molecule has 0 aliphatic carbocycles.